The molecule has 1 aromatic rings. The molecule has 1 atom stereocenters. The van der Waals surface area contributed by atoms with Crippen LogP contribution in [0.2, 0.25) is 0 Å². The Morgan fingerprint density at radius 3 is 2.94 bits per heavy atom. The van der Waals surface area contributed by atoms with Crippen LogP contribution in [0.3, 0.4) is 0 Å². The predicted molar refractivity (Wildman–Crippen MR) is 65.7 cm³/mol. The first-order valence-corrected chi connectivity index (χ1v) is 6.19. The van der Waals surface area contributed by atoms with Crippen molar-refractivity contribution >= 4 is 5.97 Å². The van der Waals surface area contributed by atoms with Gasteiger partial charge in [-0.2, -0.15) is 0 Å². The van der Waals surface area contributed by atoms with Crippen molar-refractivity contribution in [1.82, 2.24) is 4.90 Å². The summed E-state index contributed by atoms with van der Waals surface area (Å²) >= 11 is 0. The number of nitrogens with zero attached hydrogens (tertiary/aromatic N) is 1. The second-order valence-electron chi connectivity index (χ2n) is 4.83. The maximum absolute atomic E-state index is 10.8. The lowest BCUT2D eigenvalue weighted by molar-refractivity contribution is 0.0661. The molecule has 18 heavy (non-hydrogen) atoms. The molecule has 0 saturated carbocycles. The van der Waals surface area contributed by atoms with Crippen molar-refractivity contribution < 1.29 is 19.1 Å². The quantitative estimate of drug-likeness (QED) is 0.868. The molecule has 0 radical (unpaired) electrons. The maximum atomic E-state index is 10.8. The van der Waals surface area contributed by atoms with Gasteiger partial charge in [0.2, 0.25) is 5.76 Å². The van der Waals surface area contributed by atoms with Gasteiger partial charge in [0.25, 0.3) is 0 Å². The van der Waals surface area contributed by atoms with E-state index in [9.17, 15) is 4.79 Å². The van der Waals surface area contributed by atoms with Gasteiger partial charge in [-0.25, -0.2) is 4.79 Å². The van der Waals surface area contributed by atoms with Crippen molar-refractivity contribution in [3.05, 3.63) is 23.2 Å². The third-order valence-electron chi connectivity index (χ3n) is 3.21. The van der Waals surface area contributed by atoms with Crippen molar-refractivity contribution in [3.8, 4) is 0 Å². The number of likely N-dealkylation sites (N-methyl/N-ethyl adjacent to an activating group) is 1. The molecule has 1 aromatic heterocycles. The van der Waals surface area contributed by atoms with Crippen molar-refractivity contribution in [2.24, 2.45) is 0 Å². The Morgan fingerprint density at radius 2 is 2.39 bits per heavy atom. The molecule has 0 bridgehead atoms. The van der Waals surface area contributed by atoms with Crippen LogP contribution < -0.4 is 0 Å². The highest BCUT2D eigenvalue weighted by Crippen LogP contribution is 2.18. The molecule has 1 fully saturated rings. The monoisotopic (exact) mass is 253 g/mol. The Morgan fingerprint density at radius 1 is 1.61 bits per heavy atom. The highest BCUT2D eigenvalue weighted by molar-refractivity contribution is 5.84. The molecule has 1 N–H and O–H groups in total. The molecule has 1 aliphatic heterocycles. The van der Waals surface area contributed by atoms with E-state index in [-0.39, 0.29) is 5.76 Å². The van der Waals surface area contributed by atoms with Crippen LogP contribution in [0.15, 0.2) is 10.5 Å². The average Bonchev–Trinajstić information content (AvgIpc) is 2.89. The molecule has 1 aliphatic rings. The van der Waals surface area contributed by atoms with E-state index in [1.165, 1.54) is 0 Å². The van der Waals surface area contributed by atoms with Crippen molar-refractivity contribution in [1.29, 1.82) is 0 Å². The number of hydrogen-bond donors (Lipinski definition) is 1. The first kappa shape index (κ1) is 13.1. The lowest BCUT2D eigenvalue weighted by Crippen LogP contribution is -2.28. The van der Waals surface area contributed by atoms with Crippen LogP contribution in [0.1, 0.15) is 34.7 Å². The number of aryl methyl sites for hydroxylation is 1. The van der Waals surface area contributed by atoms with Gasteiger partial charge < -0.3 is 14.3 Å². The summed E-state index contributed by atoms with van der Waals surface area (Å²) in [5, 5.41) is 8.86. The highest BCUT2D eigenvalue weighted by Gasteiger charge is 2.19. The fourth-order valence-corrected chi connectivity index (χ4v) is 2.27. The van der Waals surface area contributed by atoms with E-state index in [1.54, 1.807) is 13.0 Å². The molecule has 2 rings (SSSR count). The molecule has 2 heterocycles. The summed E-state index contributed by atoms with van der Waals surface area (Å²) in [7, 11) is 2.01. The van der Waals surface area contributed by atoms with Crippen molar-refractivity contribution in [2.45, 2.75) is 32.4 Å². The SMILES string of the molecule is Cc1oc(C(=O)O)cc1CN(C)CC1CCCO1. The van der Waals surface area contributed by atoms with E-state index < -0.39 is 5.97 Å². The number of carboxylic acid groups (broad SMARTS) is 1. The number of aromatic carboxylic acids is 1. The van der Waals surface area contributed by atoms with Gasteiger partial charge in [0.1, 0.15) is 5.76 Å². The predicted octanol–water partition coefficient (Wildman–Crippen LogP) is 1.90. The smallest absolute Gasteiger partial charge is 0.371 e. The summed E-state index contributed by atoms with van der Waals surface area (Å²) in [5.74, 6) is -0.342. The normalized spacial score (nSPS) is 19.6. The molecule has 0 aliphatic carbocycles. The van der Waals surface area contributed by atoms with Crippen LogP contribution in [0.5, 0.6) is 0 Å². The summed E-state index contributed by atoms with van der Waals surface area (Å²) in [6, 6.07) is 1.60. The maximum Gasteiger partial charge on any atom is 0.371 e. The zero-order chi connectivity index (χ0) is 13.1. The van der Waals surface area contributed by atoms with Crippen molar-refractivity contribution in [3.63, 3.8) is 0 Å². The van der Waals surface area contributed by atoms with Gasteiger partial charge in [-0.3, -0.25) is 4.90 Å². The number of carboxylic acids is 1. The van der Waals surface area contributed by atoms with Crippen LogP contribution >= 0.6 is 0 Å². The second kappa shape index (κ2) is 5.54. The minimum Gasteiger partial charge on any atom is -0.475 e. The zero-order valence-corrected chi connectivity index (χ0v) is 10.8. The van der Waals surface area contributed by atoms with E-state index in [0.717, 1.165) is 31.6 Å². The number of rotatable bonds is 5. The van der Waals surface area contributed by atoms with Gasteiger partial charge in [0.15, 0.2) is 0 Å². The first-order chi connectivity index (χ1) is 8.56. The van der Waals surface area contributed by atoms with Crippen LogP contribution in [-0.4, -0.2) is 42.3 Å². The Balaban J connectivity index is 1.93. The lowest BCUT2D eigenvalue weighted by atomic mass is 10.2. The largest absolute Gasteiger partial charge is 0.475 e. The Labute approximate surface area is 106 Å². The average molecular weight is 253 g/mol. The summed E-state index contributed by atoms with van der Waals surface area (Å²) in [5.41, 5.74) is 0.924. The van der Waals surface area contributed by atoms with Gasteiger partial charge in [-0.1, -0.05) is 0 Å². The van der Waals surface area contributed by atoms with E-state index in [4.69, 9.17) is 14.3 Å². The number of carbonyl (C=O) groups is 1. The van der Waals surface area contributed by atoms with Gasteiger partial charge in [0, 0.05) is 25.3 Å². The Hall–Kier alpha value is -1.33. The van der Waals surface area contributed by atoms with Crippen LogP contribution in [0.25, 0.3) is 0 Å². The summed E-state index contributed by atoms with van der Waals surface area (Å²) in [4.78, 5) is 12.9. The van der Waals surface area contributed by atoms with Gasteiger partial charge in [-0.15, -0.1) is 0 Å². The van der Waals surface area contributed by atoms with Gasteiger partial charge >= 0.3 is 5.97 Å². The Kier molecular flexibility index (Phi) is 4.04. The molecule has 5 nitrogen and oxygen atoms in total. The molecule has 0 aromatic carbocycles. The van der Waals surface area contributed by atoms with E-state index in [2.05, 4.69) is 4.90 Å². The molecule has 1 saturated heterocycles. The van der Waals surface area contributed by atoms with Crippen molar-refractivity contribution in [2.75, 3.05) is 20.2 Å². The fourth-order valence-electron chi connectivity index (χ4n) is 2.27. The molecular weight excluding hydrogens is 234 g/mol. The van der Waals surface area contributed by atoms with Crippen LogP contribution in [0, 0.1) is 6.92 Å². The Bertz CT molecular complexity index is 421. The summed E-state index contributed by atoms with van der Waals surface area (Å²) < 4.78 is 10.8. The third kappa shape index (κ3) is 3.11. The number of ether oxygens (including phenoxy) is 1. The zero-order valence-electron chi connectivity index (χ0n) is 10.8. The van der Waals surface area contributed by atoms with Crippen LogP contribution in [0.4, 0.5) is 0 Å². The molecule has 0 spiro atoms. The van der Waals surface area contributed by atoms with Gasteiger partial charge in [-0.05, 0) is 32.9 Å². The molecule has 5 heteroatoms. The second-order valence-corrected chi connectivity index (χ2v) is 4.83. The third-order valence-corrected chi connectivity index (χ3v) is 3.21. The highest BCUT2D eigenvalue weighted by atomic mass is 16.5. The minimum atomic E-state index is -1.02. The van der Waals surface area contributed by atoms with E-state index in [0.29, 0.717) is 18.4 Å². The lowest BCUT2D eigenvalue weighted by Gasteiger charge is -2.19. The minimum absolute atomic E-state index is 0.00742. The first-order valence-electron chi connectivity index (χ1n) is 6.19. The number of hydrogen-bond acceptors (Lipinski definition) is 4. The van der Waals surface area contributed by atoms with E-state index in [1.807, 2.05) is 7.05 Å². The molecular formula is C13H19NO4. The van der Waals surface area contributed by atoms with Crippen LogP contribution in [-0.2, 0) is 11.3 Å². The molecule has 100 valence electrons. The van der Waals surface area contributed by atoms with E-state index >= 15 is 0 Å². The fraction of sp³-hybridized carbons (Fsp3) is 0.615. The summed E-state index contributed by atoms with van der Waals surface area (Å²) in [6.07, 6.45) is 2.54. The molecule has 0 amide bonds. The number of furan rings is 1. The summed E-state index contributed by atoms with van der Waals surface area (Å²) in [6.45, 7) is 4.20. The molecule has 1 unspecified atom stereocenters. The standard InChI is InChI=1S/C13H19NO4/c1-9-10(6-12(18-9)13(15)16)7-14(2)8-11-4-3-5-17-11/h6,11H,3-5,7-8H2,1-2H3,(H,15,16). The topological polar surface area (TPSA) is 62.9 Å². The van der Waals surface area contributed by atoms with Gasteiger partial charge in [0.05, 0.1) is 6.10 Å².